The number of anilines is 1. The fourth-order valence-electron chi connectivity index (χ4n) is 5.50. The van der Waals surface area contributed by atoms with Gasteiger partial charge in [0.05, 0.1) is 6.20 Å². The Balaban J connectivity index is 1.32. The number of hydrogen-bond donors (Lipinski definition) is 1. The van der Waals surface area contributed by atoms with Crippen LogP contribution < -0.4 is 10.1 Å². The average molecular weight is 505 g/mol. The normalized spacial score (nSPS) is 17.9. The number of piperidine rings is 1. The molecule has 3 heterocycles. The molecule has 8 heteroatoms. The Morgan fingerprint density at radius 2 is 1.84 bits per heavy atom. The largest absolute Gasteiger partial charge is 0.460 e. The van der Waals surface area contributed by atoms with Crippen molar-refractivity contribution in [1.29, 1.82) is 0 Å². The second-order valence-corrected chi connectivity index (χ2v) is 11.1. The lowest BCUT2D eigenvalue weighted by atomic mass is 9.84. The van der Waals surface area contributed by atoms with Crippen molar-refractivity contribution < 1.29 is 9.53 Å². The van der Waals surface area contributed by atoms with E-state index in [1.165, 1.54) is 19.3 Å². The molecule has 2 fully saturated rings. The summed E-state index contributed by atoms with van der Waals surface area (Å²) in [7, 11) is 2.14. The molecule has 1 saturated carbocycles. The zero-order valence-corrected chi connectivity index (χ0v) is 22.4. The molecule has 1 aromatic carbocycles. The van der Waals surface area contributed by atoms with Crippen LogP contribution in [0.4, 0.5) is 5.95 Å². The number of ether oxygens (including phenoxy) is 1. The van der Waals surface area contributed by atoms with Crippen LogP contribution in [-0.2, 0) is 17.8 Å². The summed E-state index contributed by atoms with van der Waals surface area (Å²) in [6, 6.07) is 8.71. The van der Waals surface area contributed by atoms with Gasteiger partial charge in [-0.3, -0.25) is 4.79 Å². The molecule has 198 valence electrons. The van der Waals surface area contributed by atoms with E-state index in [1.807, 2.05) is 12.3 Å². The molecule has 5 rings (SSSR count). The predicted octanol–water partition coefficient (Wildman–Crippen LogP) is 5.02. The topological polar surface area (TPSA) is 84.6 Å². The van der Waals surface area contributed by atoms with Gasteiger partial charge in [-0.05, 0) is 49.8 Å². The number of hydrogen-bond acceptors (Lipinski definition) is 7. The standard InChI is InChI=1S/C29H40N6O2/c1-20(2)25-19-31-35-27(25)32-29(37-24-12-14-34(3)15-13-24)33-28(35)30-18-22-9-7-8-21(16-22)17-26(36)23-10-5-4-6-11-23/h7-9,16,19-20,23-24H,4-6,10-15,17-18H2,1-3H3,(H,30,32,33). The molecule has 8 nitrogen and oxygen atoms in total. The van der Waals surface area contributed by atoms with Crippen molar-refractivity contribution in [3.8, 4) is 6.01 Å². The molecule has 0 radical (unpaired) electrons. The molecule has 1 saturated heterocycles. The van der Waals surface area contributed by atoms with Crippen LogP contribution in [0.1, 0.15) is 81.4 Å². The molecule has 0 unspecified atom stereocenters. The van der Waals surface area contributed by atoms with Gasteiger partial charge in [-0.2, -0.15) is 19.6 Å². The number of nitrogens with one attached hydrogen (secondary N) is 1. The molecule has 1 aliphatic carbocycles. The fraction of sp³-hybridized carbons (Fsp3) is 0.586. The van der Waals surface area contributed by atoms with Gasteiger partial charge in [-0.25, -0.2) is 0 Å². The van der Waals surface area contributed by atoms with Crippen molar-refractivity contribution in [3.05, 3.63) is 47.2 Å². The SMILES string of the molecule is CC(C)c1cnn2c(NCc3cccc(CC(=O)C4CCCCC4)c3)nc(OC3CCN(C)CC3)nc12. The molecular formula is C29H40N6O2. The summed E-state index contributed by atoms with van der Waals surface area (Å²) in [5.74, 6) is 1.52. The van der Waals surface area contributed by atoms with Crippen molar-refractivity contribution in [2.45, 2.75) is 83.8 Å². The minimum atomic E-state index is 0.121. The van der Waals surface area contributed by atoms with Crippen molar-refractivity contribution in [2.24, 2.45) is 5.92 Å². The Bertz CT molecular complexity index is 1210. The Hall–Kier alpha value is -3.00. The Kier molecular flexibility index (Phi) is 8.03. The van der Waals surface area contributed by atoms with E-state index in [0.29, 0.717) is 30.7 Å². The highest BCUT2D eigenvalue weighted by Crippen LogP contribution is 2.26. The molecule has 0 spiro atoms. The second kappa shape index (κ2) is 11.6. The third kappa shape index (κ3) is 6.29. The Morgan fingerprint density at radius 1 is 1.08 bits per heavy atom. The van der Waals surface area contributed by atoms with Crippen LogP contribution in [0.15, 0.2) is 30.5 Å². The number of aromatic nitrogens is 4. The van der Waals surface area contributed by atoms with E-state index >= 15 is 0 Å². The number of fused-ring (bicyclic) bond motifs is 1. The van der Waals surface area contributed by atoms with Crippen LogP contribution in [0.3, 0.4) is 0 Å². The van der Waals surface area contributed by atoms with E-state index in [9.17, 15) is 4.79 Å². The first-order valence-electron chi connectivity index (χ1n) is 13.9. The number of likely N-dealkylation sites (tertiary alicyclic amines) is 1. The lowest BCUT2D eigenvalue weighted by Gasteiger charge is -2.28. The van der Waals surface area contributed by atoms with Gasteiger partial charge in [-0.15, -0.1) is 0 Å². The first kappa shape index (κ1) is 25.6. The quantitative estimate of drug-likeness (QED) is 0.438. The minimum absolute atomic E-state index is 0.121. The summed E-state index contributed by atoms with van der Waals surface area (Å²) in [6.45, 7) is 6.89. The lowest BCUT2D eigenvalue weighted by Crippen LogP contribution is -2.36. The molecule has 2 aliphatic rings. The monoisotopic (exact) mass is 504 g/mol. The van der Waals surface area contributed by atoms with Gasteiger partial charge < -0.3 is 15.0 Å². The maximum Gasteiger partial charge on any atom is 0.322 e. The molecule has 0 amide bonds. The Labute approximate surface area is 219 Å². The van der Waals surface area contributed by atoms with Crippen LogP contribution in [-0.4, -0.2) is 56.5 Å². The molecule has 37 heavy (non-hydrogen) atoms. The van der Waals surface area contributed by atoms with Crippen LogP contribution in [0, 0.1) is 5.92 Å². The summed E-state index contributed by atoms with van der Waals surface area (Å²) in [4.78, 5) is 24.6. The van der Waals surface area contributed by atoms with Gasteiger partial charge >= 0.3 is 6.01 Å². The van der Waals surface area contributed by atoms with Gasteiger partial charge in [0.2, 0.25) is 5.95 Å². The van der Waals surface area contributed by atoms with E-state index in [2.05, 4.69) is 54.4 Å². The number of rotatable bonds is 9. The second-order valence-electron chi connectivity index (χ2n) is 11.1. The van der Waals surface area contributed by atoms with Crippen molar-refractivity contribution in [1.82, 2.24) is 24.5 Å². The highest BCUT2D eigenvalue weighted by molar-refractivity contribution is 5.83. The van der Waals surface area contributed by atoms with E-state index in [1.54, 1.807) is 4.52 Å². The van der Waals surface area contributed by atoms with Crippen molar-refractivity contribution in [3.63, 3.8) is 0 Å². The molecule has 0 atom stereocenters. The number of benzene rings is 1. The van der Waals surface area contributed by atoms with Gasteiger partial charge in [0.1, 0.15) is 11.9 Å². The van der Waals surface area contributed by atoms with E-state index < -0.39 is 0 Å². The maximum absolute atomic E-state index is 12.8. The smallest absolute Gasteiger partial charge is 0.322 e. The number of carbonyl (C=O) groups is 1. The van der Waals surface area contributed by atoms with Crippen LogP contribution in [0.5, 0.6) is 6.01 Å². The highest BCUT2D eigenvalue weighted by Gasteiger charge is 2.23. The van der Waals surface area contributed by atoms with Gasteiger partial charge in [-0.1, -0.05) is 57.4 Å². The number of ketones is 1. The first-order chi connectivity index (χ1) is 18.0. The first-order valence-corrected chi connectivity index (χ1v) is 13.9. The molecule has 0 bridgehead atoms. The summed E-state index contributed by atoms with van der Waals surface area (Å²) in [5.41, 5.74) is 4.04. The third-order valence-corrected chi connectivity index (χ3v) is 7.82. The van der Waals surface area contributed by atoms with Crippen molar-refractivity contribution >= 4 is 17.4 Å². The van der Waals surface area contributed by atoms with Crippen molar-refractivity contribution in [2.75, 3.05) is 25.5 Å². The zero-order valence-electron chi connectivity index (χ0n) is 22.4. The van der Waals surface area contributed by atoms with Gasteiger partial charge in [0, 0.05) is 37.5 Å². The highest BCUT2D eigenvalue weighted by atomic mass is 16.5. The van der Waals surface area contributed by atoms with Gasteiger partial charge in [0.15, 0.2) is 5.65 Å². The third-order valence-electron chi connectivity index (χ3n) is 7.82. The van der Waals surface area contributed by atoms with Crippen LogP contribution in [0.2, 0.25) is 0 Å². The molecular weight excluding hydrogens is 464 g/mol. The van der Waals surface area contributed by atoms with E-state index in [-0.39, 0.29) is 17.9 Å². The molecule has 2 aromatic heterocycles. The Morgan fingerprint density at radius 3 is 2.59 bits per heavy atom. The fourth-order valence-corrected chi connectivity index (χ4v) is 5.50. The zero-order chi connectivity index (χ0) is 25.8. The summed E-state index contributed by atoms with van der Waals surface area (Å²) in [6.07, 6.45) is 10.2. The lowest BCUT2D eigenvalue weighted by molar-refractivity contribution is -0.123. The average Bonchev–Trinajstić information content (AvgIpc) is 3.34. The molecule has 1 N–H and O–H groups in total. The van der Waals surface area contributed by atoms with Crippen LogP contribution in [0.25, 0.3) is 5.65 Å². The molecule has 1 aliphatic heterocycles. The summed E-state index contributed by atoms with van der Waals surface area (Å²) >= 11 is 0. The van der Waals surface area contributed by atoms with Gasteiger partial charge in [0.25, 0.3) is 0 Å². The number of Topliss-reactive ketones (excluding diaryl/α,β-unsaturated/α-hetero) is 1. The molecule has 3 aromatic rings. The summed E-state index contributed by atoms with van der Waals surface area (Å²) in [5, 5.41) is 8.04. The van der Waals surface area contributed by atoms with E-state index in [0.717, 1.165) is 61.1 Å². The van der Waals surface area contributed by atoms with Crippen LogP contribution >= 0.6 is 0 Å². The summed E-state index contributed by atoms with van der Waals surface area (Å²) < 4.78 is 8.03. The van der Waals surface area contributed by atoms with E-state index in [4.69, 9.17) is 14.7 Å². The number of nitrogens with zero attached hydrogens (tertiary/aromatic N) is 5. The number of carbonyl (C=O) groups excluding carboxylic acids is 1. The predicted molar refractivity (Wildman–Crippen MR) is 145 cm³/mol. The minimum Gasteiger partial charge on any atom is -0.460 e. The maximum atomic E-state index is 12.8.